The summed E-state index contributed by atoms with van der Waals surface area (Å²) in [6, 6.07) is 5.10. The molecule has 2 aromatic rings. The highest BCUT2D eigenvalue weighted by molar-refractivity contribution is 6.33. The number of nitrogens with zero attached hydrogens (tertiary/aromatic N) is 2. The van der Waals surface area contributed by atoms with Crippen LogP contribution in [-0.2, 0) is 19.9 Å². The lowest BCUT2D eigenvalue weighted by atomic mass is 10.0. The number of aromatic nitrogens is 2. The lowest BCUT2D eigenvalue weighted by molar-refractivity contribution is 0.530. The fourth-order valence-electron chi connectivity index (χ4n) is 2.28. The van der Waals surface area contributed by atoms with Crippen LogP contribution < -0.4 is 11.3 Å². The summed E-state index contributed by atoms with van der Waals surface area (Å²) in [7, 11) is 1.87. The molecular formula is C14H17Cl3N4. The number of hydrogen-bond acceptors (Lipinski definition) is 3. The smallest absolute Gasteiger partial charge is 0.0850 e. The van der Waals surface area contributed by atoms with Crippen LogP contribution in [0.15, 0.2) is 18.2 Å². The number of hydrazine groups is 1. The molecule has 114 valence electrons. The van der Waals surface area contributed by atoms with E-state index in [9.17, 15) is 0 Å². The van der Waals surface area contributed by atoms with Gasteiger partial charge in [0.05, 0.1) is 22.5 Å². The second-order valence-corrected chi connectivity index (χ2v) is 6.00. The van der Waals surface area contributed by atoms with E-state index in [0.29, 0.717) is 21.5 Å². The average molecular weight is 348 g/mol. The minimum atomic E-state index is -0.200. The van der Waals surface area contributed by atoms with Crippen LogP contribution in [0, 0.1) is 0 Å². The second kappa shape index (κ2) is 6.99. The van der Waals surface area contributed by atoms with Crippen molar-refractivity contribution >= 4 is 34.8 Å². The van der Waals surface area contributed by atoms with Crippen molar-refractivity contribution in [3.05, 3.63) is 50.2 Å². The highest BCUT2D eigenvalue weighted by Gasteiger charge is 2.20. The summed E-state index contributed by atoms with van der Waals surface area (Å²) in [4.78, 5) is 0. The fraction of sp³-hybridized carbons (Fsp3) is 0.357. The summed E-state index contributed by atoms with van der Waals surface area (Å²) < 4.78 is 1.78. The molecule has 1 aromatic heterocycles. The van der Waals surface area contributed by atoms with Gasteiger partial charge in [-0.2, -0.15) is 5.10 Å². The zero-order valence-electron chi connectivity index (χ0n) is 11.8. The highest BCUT2D eigenvalue weighted by Crippen LogP contribution is 2.30. The van der Waals surface area contributed by atoms with Gasteiger partial charge in [0, 0.05) is 23.5 Å². The van der Waals surface area contributed by atoms with Crippen LogP contribution in [0.2, 0.25) is 15.1 Å². The summed E-state index contributed by atoms with van der Waals surface area (Å²) in [6.07, 6.45) is 1.35. The molecule has 1 aromatic carbocycles. The van der Waals surface area contributed by atoms with Gasteiger partial charge in [-0.15, -0.1) is 0 Å². The topological polar surface area (TPSA) is 55.9 Å². The van der Waals surface area contributed by atoms with Crippen molar-refractivity contribution in [3.8, 4) is 0 Å². The van der Waals surface area contributed by atoms with Crippen LogP contribution >= 0.6 is 34.8 Å². The van der Waals surface area contributed by atoms with Crippen LogP contribution in [0.5, 0.6) is 0 Å². The van der Waals surface area contributed by atoms with Crippen molar-refractivity contribution < 1.29 is 0 Å². The molecule has 0 bridgehead atoms. The first kappa shape index (κ1) is 16.6. The molecule has 0 radical (unpaired) electrons. The van der Waals surface area contributed by atoms with E-state index in [2.05, 4.69) is 10.5 Å². The maximum atomic E-state index is 6.38. The Kier molecular flexibility index (Phi) is 5.52. The van der Waals surface area contributed by atoms with E-state index in [1.54, 1.807) is 22.9 Å². The van der Waals surface area contributed by atoms with Gasteiger partial charge in [-0.1, -0.05) is 41.7 Å². The van der Waals surface area contributed by atoms with Crippen molar-refractivity contribution in [2.45, 2.75) is 25.8 Å². The molecule has 7 heteroatoms. The van der Waals surface area contributed by atoms with Crippen molar-refractivity contribution in [3.63, 3.8) is 0 Å². The molecular weight excluding hydrogens is 331 g/mol. The largest absolute Gasteiger partial charge is 0.271 e. The highest BCUT2D eigenvalue weighted by atomic mass is 35.5. The molecule has 0 saturated heterocycles. The van der Waals surface area contributed by atoms with E-state index in [1.807, 2.05) is 14.0 Å². The lowest BCUT2D eigenvalue weighted by Crippen LogP contribution is -2.30. The summed E-state index contributed by atoms with van der Waals surface area (Å²) in [6.45, 7) is 2.02. The second-order valence-electron chi connectivity index (χ2n) is 4.77. The van der Waals surface area contributed by atoms with Crippen molar-refractivity contribution in [1.29, 1.82) is 0 Å². The summed E-state index contributed by atoms with van der Waals surface area (Å²) in [5, 5.41) is 6.30. The van der Waals surface area contributed by atoms with Crippen molar-refractivity contribution in [2.75, 3.05) is 0 Å². The summed E-state index contributed by atoms with van der Waals surface area (Å²) >= 11 is 18.7. The van der Waals surface area contributed by atoms with E-state index in [-0.39, 0.29) is 6.04 Å². The van der Waals surface area contributed by atoms with E-state index < -0.39 is 0 Å². The molecule has 0 amide bonds. The number of benzene rings is 1. The fourth-order valence-corrected chi connectivity index (χ4v) is 3.08. The first-order valence-corrected chi connectivity index (χ1v) is 7.72. The zero-order chi connectivity index (χ0) is 15.6. The molecule has 0 spiro atoms. The van der Waals surface area contributed by atoms with Crippen molar-refractivity contribution in [2.24, 2.45) is 12.9 Å². The van der Waals surface area contributed by atoms with Crippen molar-refractivity contribution in [1.82, 2.24) is 15.2 Å². The van der Waals surface area contributed by atoms with Gasteiger partial charge >= 0.3 is 0 Å². The van der Waals surface area contributed by atoms with Gasteiger partial charge in [0.25, 0.3) is 0 Å². The van der Waals surface area contributed by atoms with E-state index in [0.717, 1.165) is 23.4 Å². The molecule has 0 aliphatic heterocycles. The molecule has 2 rings (SSSR count). The predicted octanol–water partition coefficient (Wildman–Crippen LogP) is 3.69. The van der Waals surface area contributed by atoms with Gasteiger partial charge < -0.3 is 0 Å². The Labute approximate surface area is 139 Å². The number of nitrogens with one attached hydrogen (secondary N) is 1. The third kappa shape index (κ3) is 3.52. The van der Waals surface area contributed by atoms with Gasteiger partial charge in [0.1, 0.15) is 0 Å². The van der Waals surface area contributed by atoms with E-state index >= 15 is 0 Å². The average Bonchev–Trinajstić information content (AvgIpc) is 2.74. The van der Waals surface area contributed by atoms with Gasteiger partial charge in [0.15, 0.2) is 0 Å². The van der Waals surface area contributed by atoms with E-state index in [4.69, 9.17) is 40.6 Å². The molecule has 1 unspecified atom stereocenters. The molecule has 1 heterocycles. The molecule has 3 N–H and O–H groups in total. The van der Waals surface area contributed by atoms with Gasteiger partial charge in [-0.05, 0) is 30.2 Å². The number of halogens is 3. The van der Waals surface area contributed by atoms with E-state index in [1.165, 1.54) is 0 Å². The van der Waals surface area contributed by atoms with Crippen LogP contribution in [0.4, 0.5) is 0 Å². The molecule has 4 nitrogen and oxygen atoms in total. The minimum absolute atomic E-state index is 0.200. The third-order valence-corrected chi connectivity index (χ3v) is 4.45. The van der Waals surface area contributed by atoms with Crippen LogP contribution in [-0.4, -0.2) is 9.78 Å². The number of aryl methyl sites for hydroxylation is 2. The van der Waals surface area contributed by atoms with Gasteiger partial charge in [-0.25, -0.2) is 0 Å². The molecule has 21 heavy (non-hydrogen) atoms. The first-order valence-electron chi connectivity index (χ1n) is 6.59. The molecule has 0 saturated carbocycles. The van der Waals surface area contributed by atoms with Crippen LogP contribution in [0.25, 0.3) is 0 Å². The Morgan fingerprint density at radius 3 is 2.62 bits per heavy atom. The molecule has 0 aliphatic carbocycles. The standard InChI is InChI=1S/C14H17Cl3N4/c1-3-11-14(17)13(21(2)20-11)7-12(19-18)9-6-8(15)4-5-10(9)16/h4-6,12,19H,3,7,18H2,1-2H3. The van der Waals surface area contributed by atoms with Gasteiger partial charge in [0.2, 0.25) is 0 Å². The lowest BCUT2D eigenvalue weighted by Gasteiger charge is -2.18. The Bertz CT molecular complexity index is 639. The third-order valence-electron chi connectivity index (χ3n) is 3.44. The Morgan fingerprint density at radius 2 is 2.05 bits per heavy atom. The monoisotopic (exact) mass is 346 g/mol. The summed E-state index contributed by atoms with van der Waals surface area (Å²) in [5.74, 6) is 5.69. The number of nitrogens with two attached hydrogens (primary N) is 1. The number of rotatable bonds is 5. The Morgan fingerprint density at radius 1 is 1.33 bits per heavy atom. The Hall–Kier alpha value is -0.780. The normalized spacial score (nSPS) is 12.7. The van der Waals surface area contributed by atoms with Gasteiger partial charge in [-0.3, -0.25) is 16.0 Å². The number of hydrogen-bond donors (Lipinski definition) is 2. The maximum Gasteiger partial charge on any atom is 0.0850 e. The first-order chi connectivity index (χ1) is 9.97. The maximum absolute atomic E-state index is 6.38. The quantitative estimate of drug-likeness (QED) is 0.640. The predicted molar refractivity (Wildman–Crippen MR) is 87.8 cm³/mol. The zero-order valence-corrected chi connectivity index (χ0v) is 14.1. The SMILES string of the molecule is CCc1nn(C)c(CC(NN)c2cc(Cl)ccc2Cl)c1Cl. The summed E-state index contributed by atoms with van der Waals surface area (Å²) in [5.41, 5.74) is 5.40. The molecule has 0 aliphatic rings. The Balaban J connectivity index is 2.36. The van der Waals surface area contributed by atoms with Crippen LogP contribution in [0.1, 0.15) is 29.9 Å². The minimum Gasteiger partial charge on any atom is -0.271 e. The van der Waals surface area contributed by atoms with Crippen LogP contribution in [0.3, 0.4) is 0 Å². The molecule has 0 fully saturated rings. The molecule has 1 atom stereocenters.